The molecule has 0 bridgehead atoms. The number of rotatable bonds is 4. The van der Waals surface area contributed by atoms with Crippen LogP contribution in [-0.2, 0) is 13.0 Å². The first-order chi connectivity index (χ1) is 14.7. The fraction of sp³-hybridized carbons (Fsp3) is 0.440. The molecule has 1 aliphatic rings. The molecule has 1 aromatic carbocycles. The number of aromatic nitrogens is 3. The van der Waals surface area contributed by atoms with Gasteiger partial charge in [0.2, 0.25) is 0 Å². The number of aryl methyl sites for hydroxylation is 1. The van der Waals surface area contributed by atoms with E-state index in [4.69, 9.17) is 0 Å². The number of fused-ring (bicyclic) bond motifs is 1. The third-order valence-electron chi connectivity index (χ3n) is 5.87. The number of nitrogens with zero attached hydrogens (tertiary/aromatic N) is 3. The van der Waals surface area contributed by atoms with Gasteiger partial charge in [0.25, 0.3) is 5.56 Å². The van der Waals surface area contributed by atoms with E-state index in [1.807, 2.05) is 32.0 Å². The molecule has 4 rings (SSSR count). The second-order valence-electron chi connectivity index (χ2n) is 8.97. The summed E-state index contributed by atoms with van der Waals surface area (Å²) in [6.45, 7) is 10.1. The summed E-state index contributed by atoms with van der Waals surface area (Å²) in [6.07, 6.45) is 1.74. The van der Waals surface area contributed by atoms with Gasteiger partial charge in [0.05, 0.1) is 0 Å². The number of likely N-dealkylation sites (tertiary alicyclic amines) is 1. The molecule has 0 spiro atoms. The Morgan fingerprint density at radius 3 is 2.71 bits per heavy atom. The van der Waals surface area contributed by atoms with Gasteiger partial charge >= 0.3 is 0 Å². The normalized spacial score (nSPS) is 17.1. The van der Waals surface area contributed by atoms with Gasteiger partial charge in [0.15, 0.2) is 5.65 Å². The van der Waals surface area contributed by atoms with Crippen LogP contribution in [-0.4, -0.2) is 43.3 Å². The van der Waals surface area contributed by atoms with Crippen molar-refractivity contribution in [3.05, 3.63) is 68.8 Å². The third-order valence-corrected chi connectivity index (χ3v) is 5.87. The second-order valence-corrected chi connectivity index (χ2v) is 8.97. The monoisotopic (exact) mass is 418 g/mol. The van der Waals surface area contributed by atoms with Gasteiger partial charge < -0.3 is 5.11 Å². The van der Waals surface area contributed by atoms with Crippen molar-refractivity contribution in [3.8, 4) is 11.8 Å². The minimum Gasteiger partial charge on any atom is -0.378 e. The van der Waals surface area contributed by atoms with E-state index >= 15 is 0 Å². The van der Waals surface area contributed by atoms with E-state index in [1.54, 1.807) is 18.4 Å². The largest absolute Gasteiger partial charge is 0.378 e. The van der Waals surface area contributed by atoms with Crippen molar-refractivity contribution in [2.45, 2.75) is 58.6 Å². The van der Waals surface area contributed by atoms with Crippen molar-refractivity contribution in [1.82, 2.24) is 19.5 Å². The summed E-state index contributed by atoms with van der Waals surface area (Å²) < 4.78 is 1.59. The fourth-order valence-corrected chi connectivity index (χ4v) is 4.21. The molecule has 0 amide bonds. The number of hydrogen-bond donors (Lipinski definition) is 2. The second kappa shape index (κ2) is 8.33. The van der Waals surface area contributed by atoms with Gasteiger partial charge in [0, 0.05) is 47.6 Å². The quantitative estimate of drug-likeness (QED) is 0.639. The molecule has 1 saturated heterocycles. The topological polar surface area (TPSA) is 73.6 Å². The Morgan fingerprint density at radius 2 is 2.03 bits per heavy atom. The van der Waals surface area contributed by atoms with Gasteiger partial charge in [-0.15, -0.1) is 0 Å². The Labute approximate surface area is 182 Å². The number of hydrogen-bond acceptors (Lipinski definition) is 4. The highest BCUT2D eigenvalue weighted by molar-refractivity contribution is 5.43. The van der Waals surface area contributed by atoms with Crippen LogP contribution < -0.4 is 5.56 Å². The van der Waals surface area contributed by atoms with Crippen molar-refractivity contribution in [2.24, 2.45) is 0 Å². The van der Waals surface area contributed by atoms with Crippen molar-refractivity contribution in [3.63, 3.8) is 0 Å². The molecule has 0 saturated carbocycles. The van der Waals surface area contributed by atoms with Crippen LogP contribution in [0, 0.1) is 18.8 Å². The predicted octanol–water partition coefficient (Wildman–Crippen LogP) is 3.01. The van der Waals surface area contributed by atoms with Crippen molar-refractivity contribution in [1.29, 1.82) is 0 Å². The Morgan fingerprint density at radius 1 is 1.29 bits per heavy atom. The minimum absolute atomic E-state index is 0.0128. The molecule has 1 fully saturated rings. The third kappa shape index (κ3) is 4.73. The van der Waals surface area contributed by atoms with Gasteiger partial charge in [0.1, 0.15) is 5.60 Å². The van der Waals surface area contributed by atoms with Gasteiger partial charge in [-0.25, -0.2) is 9.50 Å². The highest BCUT2D eigenvalue weighted by Crippen LogP contribution is 2.27. The first-order valence-corrected chi connectivity index (χ1v) is 10.9. The lowest BCUT2D eigenvalue weighted by atomic mass is 10.1. The van der Waals surface area contributed by atoms with Crippen LogP contribution in [0.5, 0.6) is 0 Å². The molecule has 1 atom stereocenters. The number of benzene rings is 1. The lowest BCUT2D eigenvalue weighted by molar-refractivity contribution is 0.143. The molecule has 0 aliphatic carbocycles. The van der Waals surface area contributed by atoms with Crippen LogP contribution >= 0.6 is 0 Å². The van der Waals surface area contributed by atoms with Crippen LogP contribution in [0.3, 0.4) is 0 Å². The van der Waals surface area contributed by atoms with Crippen LogP contribution in [0.2, 0.25) is 0 Å². The van der Waals surface area contributed by atoms with E-state index < -0.39 is 5.60 Å². The number of H-pyrrole nitrogens is 1. The van der Waals surface area contributed by atoms with E-state index in [0.717, 1.165) is 48.6 Å². The average Bonchev–Trinajstić information content (AvgIpc) is 3.34. The summed E-state index contributed by atoms with van der Waals surface area (Å²) >= 11 is 0. The molecule has 162 valence electrons. The van der Waals surface area contributed by atoms with Crippen LogP contribution in [0.1, 0.15) is 61.2 Å². The summed E-state index contributed by atoms with van der Waals surface area (Å²) in [5.41, 5.74) is 4.56. The molecule has 3 aromatic rings. The maximum atomic E-state index is 12.7. The van der Waals surface area contributed by atoms with E-state index in [9.17, 15) is 9.90 Å². The Kier molecular flexibility index (Phi) is 5.74. The summed E-state index contributed by atoms with van der Waals surface area (Å²) in [5, 5.41) is 13.0. The van der Waals surface area contributed by atoms with Gasteiger partial charge in [-0.3, -0.25) is 14.8 Å². The molecule has 31 heavy (non-hydrogen) atoms. The van der Waals surface area contributed by atoms with Crippen molar-refractivity contribution < 1.29 is 5.11 Å². The molecule has 1 aliphatic heterocycles. The molecule has 6 nitrogen and oxygen atoms in total. The summed E-state index contributed by atoms with van der Waals surface area (Å²) in [7, 11) is 0. The zero-order chi connectivity index (χ0) is 22.2. The van der Waals surface area contributed by atoms with Gasteiger partial charge in [-0.2, -0.15) is 0 Å². The lowest BCUT2D eigenvalue weighted by Crippen LogP contribution is -2.21. The Bertz CT molecular complexity index is 1200. The van der Waals surface area contributed by atoms with E-state index in [2.05, 4.69) is 39.0 Å². The Balaban J connectivity index is 1.44. The number of aromatic amines is 1. The van der Waals surface area contributed by atoms with E-state index in [0.29, 0.717) is 18.0 Å². The average molecular weight is 419 g/mol. The first kappa shape index (κ1) is 21.4. The molecule has 3 heterocycles. The smallest absolute Gasteiger partial charge is 0.276 e. The Hall–Kier alpha value is -2.88. The highest BCUT2D eigenvalue weighted by atomic mass is 16.3. The molecular formula is C25H30N4O2. The zero-order valence-corrected chi connectivity index (χ0v) is 18.7. The number of nitrogens with one attached hydrogen (secondary N) is 1. The summed E-state index contributed by atoms with van der Waals surface area (Å²) in [6, 6.07) is 10.2. The van der Waals surface area contributed by atoms with E-state index in [1.165, 1.54) is 5.56 Å². The van der Waals surface area contributed by atoms with Gasteiger partial charge in [-0.05, 0) is 57.9 Å². The summed E-state index contributed by atoms with van der Waals surface area (Å²) in [5.74, 6) is 6.22. The summed E-state index contributed by atoms with van der Waals surface area (Å²) in [4.78, 5) is 19.8. The van der Waals surface area contributed by atoms with Crippen molar-refractivity contribution >= 4 is 5.65 Å². The standard InChI is InChI=1S/C25H30N4O2/c1-5-21-17(2)26-23-14-22(27-29(23)24(21)30)20-11-13-28(16-20)15-19-8-6-18(7-9-19)10-12-25(3,4)31/h6-9,14,20,27,31H,5,11,13,15-16H2,1-4H3. The predicted molar refractivity (Wildman–Crippen MR) is 122 cm³/mol. The van der Waals surface area contributed by atoms with Gasteiger partial charge in [-0.1, -0.05) is 30.9 Å². The molecular weight excluding hydrogens is 388 g/mol. The first-order valence-electron chi connectivity index (χ1n) is 10.9. The lowest BCUT2D eigenvalue weighted by Gasteiger charge is -2.15. The fourth-order valence-electron chi connectivity index (χ4n) is 4.21. The van der Waals surface area contributed by atoms with Crippen LogP contribution in [0.25, 0.3) is 5.65 Å². The SMILES string of the molecule is CCc1c(C)nc2cc(C3CCN(Cc4ccc(C#CC(C)(C)O)cc4)C3)[nH]n2c1=O. The molecule has 2 N–H and O–H groups in total. The van der Waals surface area contributed by atoms with Crippen LogP contribution in [0.4, 0.5) is 0 Å². The minimum atomic E-state index is -0.983. The maximum Gasteiger partial charge on any atom is 0.276 e. The maximum absolute atomic E-state index is 12.7. The molecule has 2 aromatic heterocycles. The molecule has 1 unspecified atom stereocenters. The highest BCUT2D eigenvalue weighted by Gasteiger charge is 2.26. The molecule has 0 radical (unpaired) electrons. The molecule has 6 heteroatoms. The van der Waals surface area contributed by atoms with Crippen LogP contribution in [0.15, 0.2) is 35.1 Å². The zero-order valence-electron chi connectivity index (χ0n) is 18.7. The van der Waals surface area contributed by atoms with E-state index in [-0.39, 0.29) is 5.56 Å². The van der Waals surface area contributed by atoms with Crippen molar-refractivity contribution in [2.75, 3.05) is 13.1 Å². The number of aliphatic hydroxyl groups is 1.